The molecule has 0 saturated carbocycles. The Balaban J connectivity index is -0.000000108. The monoisotopic (exact) mass is 561 g/mol. The molecule has 0 aliphatic rings. The van der Waals surface area contributed by atoms with Gasteiger partial charge in [0.2, 0.25) is 0 Å². The van der Waals surface area contributed by atoms with Crippen LogP contribution in [0.1, 0.15) is 152 Å². The summed E-state index contributed by atoms with van der Waals surface area (Å²) >= 11 is 4.61. The minimum absolute atomic E-state index is 0. The fourth-order valence-corrected chi connectivity index (χ4v) is 3.77. The van der Waals surface area contributed by atoms with Crippen molar-refractivity contribution < 1.29 is 25.3 Å². The molecule has 0 aliphatic heterocycles. The second-order valence-corrected chi connectivity index (χ2v) is 11.5. The first-order chi connectivity index (χ1) is 16.9. The lowest BCUT2D eigenvalue weighted by Gasteiger charge is -2.12. The van der Waals surface area contributed by atoms with E-state index in [1.54, 1.807) is 0 Å². The summed E-state index contributed by atoms with van der Waals surface area (Å²) < 4.78 is 9.50. The van der Waals surface area contributed by atoms with Gasteiger partial charge in [-0.2, -0.15) is 0 Å². The lowest BCUT2D eigenvalue weighted by atomic mass is 10.0. The molecule has 1 atom stereocenters. The number of rotatable bonds is 22. The molecule has 0 aromatic heterocycles. The van der Waals surface area contributed by atoms with Crippen molar-refractivity contribution in [2.24, 2.45) is 5.73 Å². The molecule has 8 heteroatoms. The van der Waals surface area contributed by atoms with E-state index in [1.165, 1.54) is 103 Å². The summed E-state index contributed by atoms with van der Waals surface area (Å²) in [5.74, 6) is 0. The van der Waals surface area contributed by atoms with Crippen molar-refractivity contribution in [1.82, 2.24) is 0 Å². The molecular formula is C28H68NO5PS. The molecule has 6 nitrogen and oxygen atoms in total. The number of aldehydes is 1. The second kappa shape index (κ2) is 45.1. The van der Waals surface area contributed by atoms with Crippen molar-refractivity contribution in [1.29, 1.82) is 0 Å². The van der Waals surface area contributed by atoms with Crippen LogP contribution < -0.4 is 5.73 Å². The van der Waals surface area contributed by atoms with Gasteiger partial charge in [-0.15, -0.1) is 0 Å². The van der Waals surface area contributed by atoms with Crippen LogP contribution in [0.4, 0.5) is 0 Å². The molecule has 226 valence electrons. The van der Waals surface area contributed by atoms with Gasteiger partial charge in [0.15, 0.2) is 0 Å². The third-order valence-corrected chi connectivity index (χ3v) is 6.74. The standard InChI is InChI=1S/C16H35N.C7H15O4PS.C3H8.CH4O.CH4.H2/c1-2-3-4-5-6-7-8-9-10-11-12-13-14-15-16-17;1-10-12(9,13)11-7-5-3-2-4-6-8;1-3-2;1-2;;/h2-17H2,1H3;6H,2-5,7H2,1H3,(H,9,13);3H2,1-2H3;2H,1H3;1H4;1H. The minimum atomic E-state index is -2.97. The quantitative estimate of drug-likeness (QED) is 0.0688. The number of carbonyl (C=O) groups is 1. The van der Waals surface area contributed by atoms with E-state index in [1.807, 2.05) is 0 Å². The maximum absolute atomic E-state index is 9.94. The highest BCUT2D eigenvalue weighted by atomic mass is 32.5. The molecule has 0 saturated heterocycles. The van der Waals surface area contributed by atoms with Crippen LogP contribution >= 0.6 is 6.72 Å². The van der Waals surface area contributed by atoms with E-state index >= 15 is 0 Å². The summed E-state index contributed by atoms with van der Waals surface area (Å²) in [7, 11) is 2.33. The first-order valence-corrected chi connectivity index (χ1v) is 16.7. The van der Waals surface area contributed by atoms with Gasteiger partial charge >= 0.3 is 6.72 Å². The normalized spacial score (nSPS) is 11.3. The third-order valence-electron chi connectivity index (χ3n) is 5.01. The van der Waals surface area contributed by atoms with Crippen molar-refractivity contribution in [3.8, 4) is 0 Å². The van der Waals surface area contributed by atoms with Gasteiger partial charge in [-0.05, 0) is 37.6 Å². The summed E-state index contributed by atoms with van der Waals surface area (Å²) in [5.41, 5.74) is 5.47. The summed E-state index contributed by atoms with van der Waals surface area (Å²) in [6, 6.07) is 0. The number of carbonyl (C=O) groups excluding carboxylic acids is 1. The van der Waals surface area contributed by atoms with E-state index in [0.29, 0.717) is 13.0 Å². The summed E-state index contributed by atoms with van der Waals surface area (Å²) in [6.07, 6.45) is 25.1. The van der Waals surface area contributed by atoms with Crippen LogP contribution in [-0.4, -0.2) is 43.7 Å². The Morgan fingerprint density at radius 3 is 1.47 bits per heavy atom. The van der Waals surface area contributed by atoms with Gasteiger partial charge in [0.05, 0.1) is 6.61 Å². The molecular weight excluding hydrogens is 493 g/mol. The average molecular weight is 562 g/mol. The van der Waals surface area contributed by atoms with Gasteiger partial charge < -0.3 is 29.6 Å². The summed E-state index contributed by atoms with van der Waals surface area (Å²) in [4.78, 5) is 19.1. The topological polar surface area (TPSA) is 102 Å². The molecule has 1 unspecified atom stereocenters. The Morgan fingerprint density at radius 1 is 0.778 bits per heavy atom. The molecule has 0 rings (SSSR count). The fourth-order valence-electron chi connectivity index (χ4n) is 3.08. The fraction of sp³-hybridized carbons (Fsp3) is 0.964. The van der Waals surface area contributed by atoms with E-state index < -0.39 is 6.72 Å². The Labute approximate surface area is 233 Å². The molecule has 0 aromatic carbocycles. The first kappa shape index (κ1) is 46.0. The molecule has 0 bridgehead atoms. The zero-order chi connectivity index (χ0) is 27.5. The van der Waals surface area contributed by atoms with Gasteiger partial charge in [0.25, 0.3) is 0 Å². The van der Waals surface area contributed by atoms with Gasteiger partial charge in [-0.3, -0.25) is 0 Å². The second-order valence-electron chi connectivity index (χ2n) is 8.59. The van der Waals surface area contributed by atoms with Crippen LogP contribution in [-0.2, 0) is 25.6 Å². The maximum atomic E-state index is 9.94. The molecule has 0 heterocycles. The lowest BCUT2D eigenvalue weighted by Crippen LogP contribution is -1.97. The van der Waals surface area contributed by atoms with Crippen LogP contribution in [0.5, 0.6) is 0 Å². The van der Waals surface area contributed by atoms with Crippen LogP contribution in [0.2, 0.25) is 0 Å². The highest BCUT2D eigenvalue weighted by Crippen LogP contribution is 2.42. The van der Waals surface area contributed by atoms with Crippen LogP contribution in [0.25, 0.3) is 0 Å². The molecule has 0 aliphatic carbocycles. The van der Waals surface area contributed by atoms with Crippen molar-refractivity contribution in [2.75, 3.05) is 27.4 Å². The summed E-state index contributed by atoms with van der Waals surface area (Å²) in [6.45, 7) is 4.83. The zero-order valence-electron chi connectivity index (χ0n) is 24.0. The molecule has 0 aromatic rings. The molecule has 4 N–H and O–H groups in total. The van der Waals surface area contributed by atoms with Crippen LogP contribution in [0, 0.1) is 0 Å². The predicted molar refractivity (Wildman–Crippen MR) is 166 cm³/mol. The Hall–Kier alpha value is 0.120. The minimum Gasteiger partial charge on any atom is -0.400 e. The number of aliphatic hydroxyl groups excluding tert-OH is 1. The summed E-state index contributed by atoms with van der Waals surface area (Å²) in [5, 5.41) is 7.00. The highest BCUT2D eigenvalue weighted by molar-refractivity contribution is 8.07. The zero-order valence-corrected chi connectivity index (χ0v) is 25.7. The number of nitrogens with two attached hydrogens (primary N) is 1. The molecule has 36 heavy (non-hydrogen) atoms. The van der Waals surface area contributed by atoms with E-state index in [4.69, 9.17) is 20.3 Å². The smallest absolute Gasteiger partial charge is 0.324 e. The molecule has 0 fully saturated rings. The van der Waals surface area contributed by atoms with E-state index in [-0.39, 0.29) is 8.85 Å². The number of hydrogen-bond donors (Lipinski definition) is 3. The van der Waals surface area contributed by atoms with Gasteiger partial charge in [-0.25, -0.2) is 0 Å². The Morgan fingerprint density at radius 2 is 1.14 bits per heavy atom. The van der Waals surface area contributed by atoms with Gasteiger partial charge in [0.1, 0.15) is 6.29 Å². The van der Waals surface area contributed by atoms with Gasteiger partial charge in [-0.1, -0.05) is 125 Å². The highest BCUT2D eigenvalue weighted by Gasteiger charge is 2.10. The molecule has 0 radical (unpaired) electrons. The van der Waals surface area contributed by atoms with Crippen molar-refractivity contribution >= 4 is 24.8 Å². The first-order valence-electron chi connectivity index (χ1n) is 14.1. The van der Waals surface area contributed by atoms with Crippen molar-refractivity contribution in [3.05, 3.63) is 0 Å². The van der Waals surface area contributed by atoms with E-state index in [9.17, 15) is 4.79 Å². The molecule has 0 amide bonds. The van der Waals surface area contributed by atoms with Crippen molar-refractivity contribution in [3.63, 3.8) is 0 Å². The largest absolute Gasteiger partial charge is 0.400 e. The average Bonchev–Trinajstić information content (AvgIpc) is 2.86. The number of aliphatic hydroxyl groups is 1. The lowest BCUT2D eigenvalue weighted by molar-refractivity contribution is -0.107. The van der Waals surface area contributed by atoms with Gasteiger partial charge in [0, 0.05) is 22.1 Å². The number of unbranched alkanes of at least 4 members (excludes halogenated alkanes) is 16. The SMILES string of the molecule is C.CCC.CCCCCCCCCCCCCCCCN.CO.COP(O)(=S)OCCCCCC=O.[HH]. The Kier molecular flexibility index (Phi) is 57.6. The third kappa shape index (κ3) is 54.9. The van der Waals surface area contributed by atoms with E-state index in [0.717, 1.165) is 39.2 Å². The molecule has 0 spiro atoms. The van der Waals surface area contributed by atoms with E-state index in [2.05, 4.69) is 37.1 Å². The Bertz CT molecular complexity index is 397. The van der Waals surface area contributed by atoms with Crippen LogP contribution in [0.15, 0.2) is 0 Å². The predicted octanol–water partition coefficient (Wildman–Crippen LogP) is 8.96. The maximum Gasteiger partial charge on any atom is 0.324 e. The van der Waals surface area contributed by atoms with Crippen molar-refractivity contribution in [2.45, 2.75) is 150 Å². The van der Waals surface area contributed by atoms with Crippen LogP contribution in [0.3, 0.4) is 0 Å². The number of hydrogen-bond acceptors (Lipinski definition) is 6.